The SMILES string of the molecule is Nc1c(F)cc(C(=O)NC2CCCNC2=O)cc1F. The normalized spacial score (nSPS) is 18.8. The van der Waals surface area contributed by atoms with Crippen LogP contribution in [0.2, 0.25) is 0 Å². The first-order valence-corrected chi connectivity index (χ1v) is 5.82. The number of hydrogen-bond acceptors (Lipinski definition) is 3. The van der Waals surface area contributed by atoms with E-state index in [9.17, 15) is 18.4 Å². The number of carbonyl (C=O) groups excluding carboxylic acids is 2. The molecule has 1 atom stereocenters. The number of nitrogens with one attached hydrogen (secondary N) is 2. The molecule has 1 saturated heterocycles. The summed E-state index contributed by atoms with van der Waals surface area (Å²) in [6, 6.07) is 1.01. The molecule has 19 heavy (non-hydrogen) atoms. The molecule has 102 valence electrons. The smallest absolute Gasteiger partial charge is 0.252 e. The van der Waals surface area contributed by atoms with Gasteiger partial charge >= 0.3 is 0 Å². The van der Waals surface area contributed by atoms with Crippen LogP contribution in [0.4, 0.5) is 14.5 Å². The van der Waals surface area contributed by atoms with Crippen LogP contribution in [0.15, 0.2) is 12.1 Å². The van der Waals surface area contributed by atoms with Crippen LogP contribution in [0.25, 0.3) is 0 Å². The van der Waals surface area contributed by atoms with Crippen molar-refractivity contribution in [3.63, 3.8) is 0 Å². The van der Waals surface area contributed by atoms with Gasteiger partial charge in [-0.05, 0) is 25.0 Å². The second-order valence-electron chi connectivity index (χ2n) is 4.31. The van der Waals surface area contributed by atoms with Crippen LogP contribution in [-0.2, 0) is 4.79 Å². The average Bonchev–Trinajstić information content (AvgIpc) is 2.38. The van der Waals surface area contributed by atoms with E-state index in [1.54, 1.807) is 0 Å². The third-order valence-electron chi connectivity index (χ3n) is 2.93. The molecule has 2 rings (SSSR count). The minimum Gasteiger partial charge on any atom is -0.394 e. The first-order valence-electron chi connectivity index (χ1n) is 5.82. The van der Waals surface area contributed by atoms with Crippen molar-refractivity contribution < 1.29 is 18.4 Å². The maximum Gasteiger partial charge on any atom is 0.252 e. The molecule has 1 aromatic rings. The number of nitrogen functional groups attached to an aromatic ring is 1. The van der Waals surface area contributed by atoms with Crippen molar-refractivity contribution in [1.29, 1.82) is 0 Å². The number of hydrogen-bond donors (Lipinski definition) is 3. The standard InChI is InChI=1S/C12H13F2N3O2/c13-7-4-6(5-8(14)10(7)15)11(18)17-9-2-1-3-16-12(9)19/h4-5,9H,1-3,15H2,(H,16,19)(H,17,18). The number of carbonyl (C=O) groups is 2. The van der Waals surface area contributed by atoms with E-state index >= 15 is 0 Å². The molecule has 7 heteroatoms. The van der Waals surface area contributed by atoms with Gasteiger partial charge in [0.05, 0.1) is 0 Å². The number of rotatable bonds is 2. The van der Waals surface area contributed by atoms with Crippen LogP contribution >= 0.6 is 0 Å². The molecule has 0 bridgehead atoms. The number of anilines is 1. The zero-order valence-corrected chi connectivity index (χ0v) is 10.0. The van der Waals surface area contributed by atoms with Gasteiger partial charge < -0.3 is 16.4 Å². The Balaban J connectivity index is 2.13. The molecule has 4 N–H and O–H groups in total. The second kappa shape index (κ2) is 5.21. The van der Waals surface area contributed by atoms with Crippen molar-refractivity contribution in [2.75, 3.05) is 12.3 Å². The van der Waals surface area contributed by atoms with Crippen LogP contribution in [0.1, 0.15) is 23.2 Å². The molecule has 0 aromatic heterocycles. The van der Waals surface area contributed by atoms with Gasteiger partial charge in [-0.3, -0.25) is 9.59 Å². The van der Waals surface area contributed by atoms with Gasteiger partial charge in [0, 0.05) is 12.1 Å². The summed E-state index contributed by atoms with van der Waals surface area (Å²) < 4.78 is 26.5. The molecular weight excluding hydrogens is 256 g/mol. The summed E-state index contributed by atoms with van der Waals surface area (Å²) in [6.07, 6.45) is 1.23. The highest BCUT2D eigenvalue weighted by Crippen LogP contribution is 2.17. The molecule has 0 spiro atoms. The molecule has 0 saturated carbocycles. The van der Waals surface area contributed by atoms with Crippen LogP contribution in [0.5, 0.6) is 0 Å². The predicted octanol–water partition coefficient (Wildman–Crippen LogP) is 0.555. The van der Waals surface area contributed by atoms with Crippen molar-refractivity contribution in [3.8, 4) is 0 Å². The van der Waals surface area contributed by atoms with Crippen LogP contribution < -0.4 is 16.4 Å². The van der Waals surface area contributed by atoms with Gasteiger partial charge in [0.2, 0.25) is 5.91 Å². The Bertz CT molecular complexity index is 511. The fraction of sp³-hybridized carbons (Fsp3) is 0.333. The summed E-state index contributed by atoms with van der Waals surface area (Å²) in [5.74, 6) is -3.01. The van der Waals surface area contributed by atoms with E-state index in [2.05, 4.69) is 10.6 Å². The van der Waals surface area contributed by atoms with Gasteiger partial charge in [-0.2, -0.15) is 0 Å². The minimum absolute atomic E-state index is 0.206. The van der Waals surface area contributed by atoms with Crippen molar-refractivity contribution >= 4 is 17.5 Å². The molecule has 1 aliphatic rings. The Morgan fingerprint density at radius 1 is 1.37 bits per heavy atom. The van der Waals surface area contributed by atoms with Crippen molar-refractivity contribution in [3.05, 3.63) is 29.3 Å². The highest BCUT2D eigenvalue weighted by Gasteiger charge is 2.24. The Hall–Kier alpha value is -2.18. The van der Waals surface area contributed by atoms with E-state index in [1.807, 2.05) is 0 Å². The second-order valence-corrected chi connectivity index (χ2v) is 4.31. The van der Waals surface area contributed by atoms with Crippen molar-refractivity contribution in [1.82, 2.24) is 10.6 Å². The topological polar surface area (TPSA) is 84.2 Å². The zero-order chi connectivity index (χ0) is 14.0. The maximum atomic E-state index is 13.2. The fourth-order valence-electron chi connectivity index (χ4n) is 1.87. The molecule has 0 aliphatic carbocycles. The van der Waals surface area contributed by atoms with Gasteiger partial charge in [-0.1, -0.05) is 0 Å². The third-order valence-corrected chi connectivity index (χ3v) is 2.93. The van der Waals surface area contributed by atoms with Crippen molar-refractivity contribution in [2.45, 2.75) is 18.9 Å². The summed E-state index contributed by atoms with van der Waals surface area (Å²) >= 11 is 0. The Morgan fingerprint density at radius 3 is 2.58 bits per heavy atom. The molecule has 1 unspecified atom stereocenters. The first-order chi connectivity index (χ1) is 8.99. The molecule has 2 amide bonds. The fourth-order valence-corrected chi connectivity index (χ4v) is 1.87. The maximum absolute atomic E-state index is 13.2. The number of amides is 2. The summed E-state index contributed by atoms with van der Waals surface area (Å²) in [6.45, 7) is 0.566. The summed E-state index contributed by atoms with van der Waals surface area (Å²) in [7, 11) is 0. The van der Waals surface area contributed by atoms with E-state index in [0.29, 0.717) is 13.0 Å². The average molecular weight is 269 g/mol. The molecule has 1 heterocycles. The zero-order valence-electron chi connectivity index (χ0n) is 10.0. The third kappa shape index (κ3) is 2.81. The van der Waals surface area contributed by atoms with Crippen molar-refractivity contribution in [2.24, 2.45) is 0 Å². The molecule has 0 radical (unpaired) electrons. The quantitative estimate of drug-likeness (QED) is 0.686. The number of benzene rings is 1. The summed E-state index contributed by atoms with van der Waals surface area (Å²) in [4.78, 5) is 23.3. The largest absolute Gasteiger partial charge is 0.394 e. The first kappa shape index (κ1) is 13.3. The summed E-state index contributed by atoms with van der Waals surface area (Å²) in [5, 5.41) is 5.03. The van der Waals surface area contributed by atoms with Crippen LogP contribution in [0.3, 0.4) is 0 Å². The van der Waals surface area contributed by atoms with Gasteiger partial charge in [-0.15, -0.1) is 0 Å². The lowest BCUT2D eigenvalue weighted by atomic mass is 10.1. The van der Waals surface area contributed by atoms with E-state index < -0.39 is 29.3 Å². The molecular formula is C12H13F2N3O2. The van der Waals surface area contributed by atoms with E-state index in [1.165, 1.54) is 0 Å². The minimum atomic E-state index is -1.00. The van der Waals surface area contributed by atoms with Gasteiger partial charge in [-0.25, -0.2) is 8.78 Å². The Labute approximate surface area is 108 Å². The van der Waals surface area contributed by atoms with Gasteiger partial charge in [0.25, 0.3) is 5.91 Å². The number of piperidine rings is 1. The lowest BCUT2D eigenvalue weighted by Crippen LogP contribution is -2.50. The molecule has 5 nitrogen and oxygen atoms in total. The monoisotopic (exact) mass is 269 g/mol. The van der Waals surface area contributed by atoms with Gasteiger partial charge in [0.15, 0.2) is 0 Å². The van der Waals surface area contributed by atoms with E-state index in [-0.39, 0.29) is 11.5 Å². The highest BCUT2D eigenvalue weighted by atomic mass is 19.1. The summed E-state index contributed by atoms with van der Waals surface area (Å²) in [5.41, 5.74) is 4.27. The predicted molar refractivity (Wildman–Crippen MR) is 64.3 cm³/mol. The lowest BCUT2D eigenvalue weighted by Gasteiger charge is -2.22. The number of nitrogens with two attached hydrogens (primary N) is 1. The lowest BCUT2D eigenvalue weighted by molar-refractivity contribution is -0.124. The van der Waals surface area contributed by atoms with Crippen LogP contribution in [0, 0.1) is 11.6 Å². The highest BCUT2D eigenvalue weighted by molar-refractivity contribution is 5.98. The van der Waals surface area contributed by atoms with E-state index in [0.717, 1.165) is 18.6 Å². The van der Waals surface area contributed by atoms with Crippen LogP contribution in [-0.4, -0.2) is 24.4 Å². The van der Waals surface area contributed by atoms with Gasteiger partial charge in [0.1, 0.15) is 23.4 Å². The molecule has 1 fully saturated rings. The van der Waals surface area contributed by atoms with E-state index in [4.69, 9.17) is 5.73 Å². The Kier molecular flexibility index (Phi) is 3.64. The molecule has 1 aliphatic heterocycles. The Morgan fingerprint density at radius 2 is 2.00 bits per heavy atom. The molecule has 1 aromatic carbocycles. The number of halogens is 2.